The predicted octanol–water partition coefficient (Wildman–Crippen LogP) is 3.04. The summed E-state index contributed by atoms with van der Waals surface area (Å²) < 4.78 is 11.1. The Balaban J connectivity index is 1.19. The van der Waals surface area contributed by atoms with Crippen molar-refractivity contribution in [3.63, 3.8) is 0 Å². The van der Waals surface area contributed by atoms with Crippen LogP contribution in [0.4, 0.5) is 0 Å². The second kappa shape index (κ2) is 9.47. The number of methoxy groups -OCH3 is 1. The largest absolute Gasteiger partial charge is 0.484 e. The topological polar surface area (TPSA) is 76.7 Å². The van der Waals surface area contributed by atoms with Gasteiger partial charge in [0.1, 0.15) is 5.75 Å². The van der Waals surface area contributed by atoms with Gasteiger partial charge < -0.3 is 20.1 Å². The molecule has 1 heterocycles. The van der Waals surface area contributed by atoms with E-state index in [-0.39, 0.29) is 36.5 Å². The average Bonchev–Trinajstić information content (AvgIpc) is 2.77. The summed E-state index contributed by atoms with van der Waals surface area (Å²) in [4.78, 5) is 24.6. The summed E-state index contributed by atoms with van der Waals surface area (Å²) in [5.41, 5.74) is 0. The molecule has 2 fully saturated rings. The fourth-order valence-electron chi connectivity index (χ4n) is 4.73. The lowest BCUT2D eigenvalue weighted by Gasteiger charge is -2.41. The van der Waals surface area contributed by atoms with Gasteiger partial charge in [0.2, 0.25) is 5.91 Å². The van der Waals surface area contributed by atoms with E-state index in [1.54, 1.807) is 7.11 Å². The summed E-state index contributed by atoms with van der Waals surface area (Å²) in [5, 5.41) is 8.28. The number of amides is 2. The Morgan fingerprint density at radius 3 is 2.80 bits per heavy atom. The maximum absolute atomic E-state index is 12.4. The molecule has 2 aromatic carbocycles. The van der Waals surface area contributed by atoms with Crippen LogP contribution in [0.3, 0.4) is 0 Å². The SMILES string of the molecule is COC1CCC2CC(CCNC(=O)COc3ccc4ccccc4c3)C(=O)NC2C1. The third-order valence-corrected chi connectivity index (χ3v) is 6.47. The Morgan fingerprint density at radius 1 is 1.13 bits per heavy atom. The van der Waals surface area contributed by atoms with E-state index in [4.69, 9.17) is 9.47 Å². The van der Waals surface area contributed by atoms with Crippen molar-refractivity contribution in [3.05, 3.63) is 42.5 Å². The second-order valence-electron chi connectivity index (χ2n) is 8.41. The lowest BCUT2D eigenvalue weighted by atomic mass is 9.74. The van der Waals surface area contributed by atoms with Crippen LogP contribution in [-0.4, -0.2) is 44.2 Å². The van der Waals surface area contributed by atoms with Crippen LogP contribution in [0, 0.1) is 11.8 Å². The van der Waals surface area contributed by atoms with Crippen LogP contribution in [0.2, 0.25) is 0 Å². The van der Waals surface area contributed by atoms with Crippen molar-refractivity contribution in [2.24, 2.45) is 11.8 Å². The van der Waals surface area contributed by atoms with Crippen molar-refractivity contribution in [3.8, 4) is 5.75 Å². The third kappa shape index (κ3) is 4.93. The molecular formula is C24H30N2O4. The molecule has 160 valence electrons. The van der Waals surface area contributed by atoms with Crippen LogP contribution < -0.4 is 15.4 Å². The molecule has 1 saturated heterocycles. The molecule has 4 rings (SSSR count). The van der Waals surface area contributed by atoms with Gasteiger partial charge in [-0.2, -0.15) is 0 Å². The zero-order valence-corrected chi connectivity index (χ0v) is 17.4. The number of rotatable bonds is 7. The van der Waals surface area contributed by atoms with Gasteiger partial charge in [-0.25, -0.2) is 0 Å². The minimum atomic E-state index is -0.169. The molecule has 30 heavy (non-hydrogen) atoms. The van der Waals surface area contributed by atoms with Crippen LogP contribution in [0.15, 0.2) is 42.5 Å². The number of fused-ring (bicyclic) bond motifs is 2. The molecule has 0 radical (unpaired) electrons. The fourth-order valence-corrected chi connectivity index (χ4v) is 4.73. The maximum Gasteiger partial charge on any atom is 0.257 e. The van der Waals surface area contributed by atoms with Crippen LogP contribution >= 0.6 is 0 Å². The van der Waals surface area contributed by atoms with E-state index in [0.29, 0.717) is 24.6 Å². The van der Waals surface area contributed by atoms with E-state index in [2.05, 4.69) is 10.6 Å². The van der Waals surface area contributed by atoms with Crippen molar-refractivity contribution in [1.29, 1.82) is 0 Å². The zero-order chi connectivity index (χ0) is 20.9. The highest BCUT2D eigenvalue weighted by molar-refractivity contribution is 5.84. The van der Waals surface area contributed by atoms with Crippen molar-refractivity contribution < 1.29 is 19.1 Å². The second-order valence-corrected chi connectivity index (χ2v) is 8.41. The van der Waals surface area contributed by atoms with E-state index < -0.39 is 0 Å². The first-order valence-corrected chi connectivity index (χ1v) is 10.8. The van der Waals surface area contributed by atoms with Crippen molar-refractivity contribution in [2.75, 3.05) is 20.3 Å². The number of benzene rings is 2. The lowest BCUT2D eigenvalue weighted by molar-refractivity contribution is -0.131. The van der Waals surface area contributed by atoms with Gasteiger partial charge in [0.25, 0.3) is 5.91 Å². The van der Waals surface area contributed by atoms with E-state index in [9.17, 15) is 9.59 Å². The molecule has 1 aliphatic carbocycles. The highest BCUT2D eigenvalue weighted by Gasteiger charge is 2.39. The van der Waals surface area contributed by atoms with Crippen molar-refractivity contribution >= 4 is 22.6 Å². The van der Waals surface area contributed by atoms with Crippen LogP contribution in [0.1, 0.15) is 32.1 Å². The van der Waals surface area contributed by atoms with E-state index in [1.807, 2.05) is 42.5 Å². The molecule has 0 aromatic heterocycles. The Hall–Kier alpha value is -2.60. The van der Waals surface area contributed by atoms with Gasteiger partial charge in [-0.05, 0) is 60.9 Å². The van der Waals surface area contributed by atoms with Crippen LogP contribution in [-0.2, 0) is 14.3 Å². The molecule has 2 N–H and O–H groups in total. The van der Waals surface area contributed by atoms with Gasteiger partial charge in [0.05, 0.1) is 6.10 Å². The highest BCUT2D eigenvalue weighted by atomic mass is 16.5. The molecule has 1 aliphatic heterocycles. The Labute approximate surface area is 177 Å². The molecule has 6 nitrogen and oxygen atoms in total. The molecule has 6 heteroatoms. The average molecular weight is 411 g/mol. The molecule has 2 amide bonds. The molecule has 4 unspecified atom stereocenters. The maximum atomic E-state index is 12.4. The normalized spacial score (nSPS) is 26.0. The van der Waals surface area contributed by atoms with Gasteiger partial charge in [0.15, 0.2) is 6.61 Å². The standard InChI is InChI=1S/C24H30N2O4/c1-29-20-8-7-18-12-19(24(28)26-22(18)14-20)10-11-25-23(27)15-30-21-9-6-16-4-2-3-5-17(16)13-21/h2-6,9,13,18-20,22H,7-8,10-12,14-15H2,1H3,(H,25,27)(H,26,28). The summed E-state index contributed by atoms with van der Waals surface area (Å²) in [6.45, 7) is 0.453. The van der Waals surface area contributed by atoms with Crippen molar-refractivity contribution in [1.82, 2.24) is 10.6 Å². The molecular weight excluding hydrogens is 380 g/mol. The third-order valence-electron chi connectivity index (χ3n) is 6.47. The van der Waals surface area contributed by atoms with Gasteiger partial charge in [-0.3, -0.25) is 9.59 Å². The monoisotopic (exact) mass is 410 g/mol. The summed E-state index contributed by atoms with van der Waals surface area (Å²) in [6, 6.07) is 14.1. The van der Waals surface area contributed by atoms with E-state index >= 15 is 0 Å². The number of nitrogens with one attached hydrogen (secondary N) is 2. The first-order valence-electron chi connectivity index (χ1n) is 10.8. The summed E-state index contributed by atoms with van der Waals surface area (Å²) in [5.74, 6) is 1.10. The van der Waals surface area contributed by atoms with Gasteiger partial charge in [0, 0.05) is 25.6 Å². The van der Waals surface area contributed by atoms with Gasteiger partial charge in [-0.15, -0.1) is 0 Å². The number of ether oxygens (including phenoxy) is 2. The number of hydrogen-bond donors (Lipinski definition) is 2. The number of carbonyl (C=O) groups excluding carboxylic acids is 2. The molecule has 0 bridgehead atoms. The minimum Gasteiger partial charge on any atom is -0.484 e. The van der Waals surface area contributed by atoms with Crippen molar-refractivity contribution in [2.45, 2.75) is 44.2 Å². The van der Waals surface area contributed by atoms with E-state index in [0.717, 1.165) is 36.5 Å². The fraction of sp³-hybridized carbons (Fsp3) is 0.500. The Bertz CT molecular complexity index is 900. The summed E-state index contributed by atoms with van der Waals surface area (Å²) in [6.07, 6.45) is 4.86. The first-order chi connectivity index (χ1) is 14.6. The molecule has 1 saturated carbocycles. The predicted molar refractivity (Wildman–Crippen MR) is 115 cm³/mol. The smallest absolute Gasteiger partial charge is 0.257 e. The molecule has 0 spiro atoms. The Morgan fingerprint density at radius 2 is 1.97 bits per heavy atom. The zero-order valence-electron chi connectivity index (χ0n) is 17.4. The molecule has 2 aliphatic rings. The summed E-state index contributed by atoms with van der Waals surface area (Å²) in [7, 11) is 1.74. The minimum absolute atomic E-state index is 0.0295. The lowest BCUT2D eigenvalue weighted by Crippen LogP contribution is -2.53. The number of hydrogen-bond acceptors (Lipinski definition) is 4. The van der Waals surface area contributed by atoms with E-state index in [1.165, 1.54) is 0 Å². The Kier molecular flexibility index (Phi) is 6.53. The van der Waals surface area contributed by atoms with Crippen LogP contribution in [0.5, 0.6) is 5.75 Å². The number of piperidine rings is 1. The first kappa shape index (κ1) is 20.7. The molecule has 4 atom stereocenters. The highest BCUT2D eigenvalue weighted by Crippen LogP contribution is 2.35. The van der Waals surface area contributed by atoms with Gasteiger partial charge in [-0.1, -0.05) is 30.3 Å². The number of carbonyl (C=O) groups is 2. The quantitative estimate of drug-likeness (QED) is 0.736. The van der Waals surface area contributed by atoms with Gasteiger partial charge >= 0.3 is 0 Å². The summed E-state index contributed by atoms with van der Waals surface area (Å²) >= 11 is 0. The van der Waals surface area contributed by atoms with Crippen LogP contribution in [0.25, 0.3) is 10.8 Å². The molecule has 2 aromatic rings.